The lowest BCUT2D eigenvalue weighted by molar-refractivity contribution is 0.138. The van der Waals surface area contributed by atoms with Crippen molar-refractivity contribution in [3.05, 3.63) is 0 Å². The largest absolute Gasteiger partial charge is 0.331 e. The first-order valence-electron chi connectivity index (χ1n) is 5.11. The molecule has 0 rings (SSSR count). The van der Waals surface area contributed by atoms with Crippen molar-refractivity contribution in [3.63, 3.8) is 0 Å². The minimum Gasteiger partial charge on any atom is -0.309 e. The molecule has 2 atom stereocenters. The molecule has 4 nitrogen and oxygen atoms in total. The topological polar surface area (TPSA) is 61.5 Å². The average molecular weight is 223 g/mol. The molecular formula is C9H22NO3P. The van der Waals surface area contributed by atoms with Gasteiger partial charge in [-0.05, 0) is 19.3 Å². The van der Waals surface area contributed by atoms with Crippen LogP contribution in [0.2, 0.25) is 0 Å². The second kappa shape index (κ2) is 6.57. The Bertz CT molecular complexity index is 196. The monoisotopic (exact) mass is 223 g/mol. The van der Waals surface area contributed by atoms with E-state index in [9.17, 15) is 4.57 Å². The fourth-order valence-corrected chi connectivity index (χ4v) is 2.39. The van der Waals surface area contributed by atoms with Crippen LogP contribution in [-0.2, 0) is 13.6 Å². The number of rotatable bonds is 7. The highest BCUT2D eigenvalue weighted by Crippen LogP contribution is 2.48. The first-order chi connectivity index (χ1) is 6.43. The van der Waals surface area contributed by atoms with Crippen LogP contribution in [-0.4, -0.2) is 19.0 Å². The number of hydrogen-bond donors (Lipinski definition) is 1. The van der Waals surface area contributed by atoms with Gasteiger partial charge in [0.05, 0.1) is 6.61 Å². The Morgan fingerprint density at radius 3 is 2.29 bits per heavy atom. The van der Waals surface area contributed by atoms with Crippen LogP contribution >= 0.6 is 7.60 Å². The molecule has 14 heavy (non-hydrogen) atoms. The Morgan fingerprint density at radius 1 is 1.36 bits per heavy atom. The number of hydrogen-bond acceptors (Lipinski definition) is 4. The van der Waals surface area contributed by atoms with Gasteiger partial charge in [-0.1, -0.05) is 20.8 Å². The van der Waals surface area contributed by atoms with Crippen LogP contribution in [0.3, 0.4) is 0 Å². The summed E-state index contributed by atoms with van der Waals surface area (Å²) in [5.41, 5.74) is 5.69. The van der Waals surface area contributed by atoms with Gasteiger partial charge in [-0.2, -0.15) is 0 Å². The zero-order valence-electron chi connectivity index (χ0n) is 9.53. The molecule has 0 fully saturated rings. The first-order valence-corrected chi connectivity index (χ1v) is 6.83. The molecule has 86 valence electrons. The normalized spacial score (nSPS) is 18.1. The highest BCUT2D eigenvalue weighted by molar-refractivity contribution is 7.53. The van der Waals surface area contributed by atoms with Crippen LogP contribution in [0.15, 0.2) is 0 Å². The Kier molecular flexibility index (Phi) is 6.62. The van der Waals surface area contributed by atoms with Crippen molar-refractivity contribution in [2.45, 2.75) is 40.3 Å². The molecule has 2 unspecified atom stereocenters. The summed E-state index contributed by atoms with van der Waals surface area (Å²) in [6.07, 6.45) is 0.566. The van der Waals surface area contributed by atoms with E-state index in [-0.39, 0.29) is 0 Å². The molecule has 0 aliphatic carbocycles. The molecule has 2 N–H and O–H groups in total. The van der Waals surface area contributed by atoms with E-state index in [4.69, 9.17) is 14.8 Å². The van der Waals surface area contributed by atoms with Gasteiger partial charge in [0.25, 0.3) is 0 Å². The Balaban J connectivity index is 4.10. The van der Waals surface area contributed by atoms with Gasteiger partial charge in [0, 0.05) is 6.16 Å². The van der Waals surface area contributed by atoms with Crippen molar-refractivity contribution >= 4 is 7.60 Å². The van der Waals surface area contributed by atoms with Crippen molar-refractivity contribution in [2.24, 2.45) is 11.7 Å². The molecule has 0 saturated heterocycles. The molecule has 0 aromatic heterocycles. The van der Waals surface area contributed by atoms with Crippen molar-refractivity contribution in [2.75, 3.05) is 12.8 Å². The van der Waals surface area contributed by atoms with Crippen LogP contribution < -0.4 is 5.73 Å². The van der Waals surface area contributed by atoms with Gasteiger partial charge in [0.2, 0.25) is 0 Å². The van der Waals surface area contributed by atoms with E-state index in [1.807, 2.05) is 13.8 Å². The Labute approximate surface area is 86.7 Å². The van der Waals surface area contributed by atoms with Crippen LogP contribution in [0.25, 0.3) is 0 Å². The van der Waals surface area contributed by atoms with E-state index in [2.05, 4.69) is 0 Å². The molecule has 0 aliphatic heterocycles. The zero-order chi connectivity index (χ0) is 11.2. The lowest BCUT2D eigenvalue weighted by Crippen LogP contribution is -2.25. The third kappa shape index (κ3) is 5.76. The molecule has 5 heteroatoms. The summed E-state index contributed by atoms with van der Waals surface area (Å²) < 4.78 is 22.2. The van der Waals surface area contributed by atoms with Crippen molar-refractivity contribution in [1.82, 2.24) is 0 Å². The van der Waals surface area contributed by atoms with Gasteiger partial charge < -0.3 is 10.3 Å². The average Bonchev–Trinajstić information content (AvgIpc) is 2.02. The standard InChI is InChI=1S/C9H22NO3P/c1-5-12-14(11,6-2)13-9(10)7-8(3)4/h8-9H,5-7,10H2,1-4H3. The Morgan fingerprint density at radius 2 is 1.93 bits per heavy atom. The van der Waals surface area contributed by atoms with Gasteiger partial charge in [-0.3, -0.25) is 9.09 Å². The van der Waals surface area contributed by atoms with Crippen LogP contribution in [0.1, 0.15) is 34.1 Å². The first kappa shape index (κ1) is 14.1. The minimum absolute atomic E-state index is 0.368. The maximum atomic E-state index is 11.8. The predicted molar refractivity (Wildman–Crippen MR) is 58.3 cm³/mol. The summed E-state index contributed by atoms with van der Waals surface area (Å²) in [7, 11) is -2.94. The number of nitrogens with two attached hydrogens (primary N) is 1. The molecule has 0 aromatic carbocycles. The van der Waals surface area contributed by atoms with Crippen molar-refractivity contribution in [1.29, 1.82) is 0 Å². The van der Waals surface area contributed by atoms with E-state index < -0.39 is 13.8 Å². The fraction of sp³-hybridized carbons (Fsp3) is 1.00. The summed E-state index contributed by atoms with van der Waals surface area (Å²) in [5.74, 6) is 0.428. The summed E-state index contributed by atoms with van der Waals surface area (Å²) in [6.45, 7) is 8.04. The van der Waals surface area contributed by atoms with Gasteiger partial charge in [-0.15, -0.1) is 0 Å². The van der Waals surface area contributed by atoms with Crippen molar-refractivity contribution in [3.8, 4) is 0 Å². The quantitative estimate of drug-likeness (QED) is 0.532. The van der Waals surface area contributed by atoms with E-state index in [0.29, 0.717) is 25.1 Å². The molecule has 0 bridgehead atoms. The van der Waals surface area contributed by atoms with E-state index in [0.717, 1.165) is 0 Å². The molecule has 0 aromatic rings. The van der Waals surface area contributed by atoms with E-state index >= 15 is 0 Å². The highest BCUT2D eigenvalue weighted by Gasteiger charge is 2.24. The van der Waals surface area contributed by atoms with Gasteiger partial charge in [-0.25, -0.2) is 0 Å². The molecule has 0 saturated carbocycles. The molecule has 0 amide bonds. The molecule has 0 aliphatic rings. The highest BCUT2D eigenvalue weighted by atomic mass is 31.2. The third-order valence-electron chi connectivity index (χ3n) is 1.71. The molecular weight excluding hydrogens is 201 g/mol. The van der Waals surface area contributed by atoms with E-state index in [1.165, 1.54) is 0 Å². The van der Waals surface area contributed by atoms with E-state index in [1.54, 1.807) is 13.8 Å². The maximum Gasteiger partial charge on any atom is 0.331 e. The van der Waals surface area contributed by atoms with Gasteiger partial charge in [0.1, 0.15) is 6.23 Å². The minimum atomic E-state index is -2.94. The fourth-order valence-electron chi connectivity index (χ4n) is 1.11. The lowest BCUT2D eigenvalue weighted by atomic mass is 10.1. The van der Waals surface area contributed by atoms with Gasteiger partial charge in [0.15, 0.2) is 0 Å². The second-order valence-electron chi connectivity index (χ2n) is 3.62. The molecule has 0 spiro atoms. The van der Waals surface area contributed by atoms with Crippen LogP contribution in [0, 0.1) is 5.92 Å². The summed E-state index contributed by atoms with van der Waals surface area (Å²) >= 11 is 0. The maximum absolute atomic E-state index is 11.8. The summed E-state index contributed by atoms with van der Waals surface area (Å²) in [6, 6.07) is 0. The van der Waals surface area contributed by atoms with Crippen LogP contribution in [0.4, 0.5) is 0 Å². The summed E-state index contributed by atoms with van der Waals surface area (Å²) in [4.78, 5) is 0. The van der Waals surface area contributed by atoms with Crippen LogP contribution in [0.5, 0.6) is 0 Å². The molecule has 0 heterocycles. The smallest absolute Gasteiger partial charge is 0.309 e. The second-order valence-corrected chi connectivity index (χ2v) is 5.94. The Hall–Kier alpha value is 0.110. The van der Waals surface area contributed by atoms with Gasteiger partial charge >= 0.3 is 7.60 Å². The van der Waals surface area contributed by atoms with Crippen molar-refractivity contribution < 1.29 is 13.6 Å². The SMILES string of the molecule is CCOP(=O)(CC)OC(N)CC(C)C. The third-order valence-corrected chi connectivity index (χ3v) is 3.73. The molecule has 0 radical (unpaired) electrons. The summed E-state index contributed by atoms with van der Waals surface area (Å²) in [5, 5.41) is 0. The lowest BCUT2D eigenvalue weighted by Gasteiger charge is -2.21. The predicted octanol–water partition coefficient (Wildman–Crippen LogP) is 2.58. The zero-order valence-corrected chi connectivity index (χ0v) is 10.4.